The highest BCUT2D eigenvalue weighted by molar-refractivity contribution is 7.23. The highest BCUT2D eigenvalue weighted by Gasteiger charge is 2.58. The lowest BCUT2D eigenvalue weighted by molar-refractivity contribution is -0.213. The Kier molecular flexibility index (Phi) is 7.24. The molecule has 2 fully saturated rings. The van der Waals surface area contributed by atoms with E-state index in [1.165, 1.54) is 27.9 Å². The van der Waals surface area contributed by atoms with Crippen molar-refractivity contribution in [3.05, 3.63) is 12.1 Å². The zero-order valence-corrected chi connectivity index (χ0v) is 21.3. The van der Waals surface area contributed by atoms with Crippen molar-refractivity contribution in [1.82, 2.24) is 9.88 Å². The van der Waals surface area contributed by atoms with E-state index in [0.29, 0.717) is 37.6 Å². The molecular formula is C23H29F3N4O5S. The molecule has 2 unspecified atom stereocenters. The Bertz CT molecular complexity index is 1130. The number of anilines is 2. The maximum atomic E-state index is 14.9. The van der Waals surface area contributed by atoms with Crippen LogP contribution in [0, 0.1) is 5.92 Å². The van der Waals surface area contributed by atoms with Crippen molar-refractivity contribution in [2.45, 2.75) is 45.0 Å². The second kappa shape index (κ2) is 9.92. The summed E-state index contributed by atoms with van der Waals surface area (Å²) in [7, 11) is 1.50. The minimum absolute atomic E-state index is 0.0455. The largest absolute Gasteiger partial charge is 0.494 e. The number of methoxy groups -OCH3 is 1. The Morgan fingerprint density at radius 3 is 2.56 bits per heavy atom. The average molecular weight is 531 g/mol. The zero-order chi connectivity index (χ0) is 26.3. The smallest absolute Gasteiger partial charge is 0.414 e. The number of amides is 2. The van der Waals surface area contributed by atoms with E-state index in [1.807, 2.05) is 6.07 Å². The second-order valence-corrected chi connectivity index (χ2v) is 10.6. The minimum atomic E-state index is -4.21. The van der Waals surface area contributed by atoms with Gasteiger partial charge in [-0.2, -0.15) is 8.78 Å². The van der Waals surface area contributed by atoms with E-state index in [-0.39, 0.29) is 16.5 Å². The van der Waals surface area contributed by atoms with Gasteiger partial charge in [-0.3, -0.25) is 4.79 Å². The van der Waals surface area contributed by atoms with Crippen LogP contribution in [0.1, 0.15) is 27.2 Å². The number of nitrogens with one attached hydrogen (secondary N) is 1. The van der Waals surface area contributed by atoms with Gasteiger partial charge in [0.1, 0.15) is 16.9 Å². The Morgan fingerprint density at radius 1 is 1.22 bits per heavy atom. The van der Waals surface area contributed by atoms with Crippen molar-refractivity contribution in [2.75, 3.05) is 50.2 Å². The molecule has 4 rings (SSSR count). The first-order chi connectivity index (χ1) is 16.9. The van der Waals surface area contributed by atoms with Crippen LogP contribution in [0.4, 0.5) is 28.8 Å². The molecule has 9 nitrogen and oxygen atoms in total. The summed E-state index contributed by atoms with van der Waals surface area (Å²) in [5, 5.41) is 2.63. The number of likely N-dealkylation sites (tertiary alicyclic amines) is 1. The van der Waals surface area contributed by atoms with E-state index in [0.717, 1.165) is 21.7 Å². The van der Waals surface area contributed by atoms with Gasteiger partial charge in [0.15, 0.2) is 11.3 Å². The predicted molar refractivity (Wildman–Crippen MR) is 129 cm³/mol. The summed E-state index contributed by atoms with van der Waals surface area (Å²) < 4.78 is 61.0. The van der Waals surface area contributed by atoms with Crippen LogP contribution in [0.5, 0.6) is 5.75 Å². The van der Waals surface area contributed by atoms with Gasteiger partial charge in [0.2, 0.25) is 5.91 Å². The number of rotatable bonds is 4. The molecule has 2 atom stereocenters. The van der Waals surface area contributed by atoms with Gasteiger partial charge in [0.05, 0.1) is 36.6 Å². The van der Waals surface area contributed by atoms with Gasteiger partial charge in [-0.05, 0) is 39.3 Å². The molecule has 2 aliphatic rings. The lowest BCUT2D eigenvalue weighted by Gasteiger charge is -2.40. The molecule has 3 heterocycles. The summed E-state index contributed by atoms with van der Waals surface area (Å²) in [6.45, 7) is 6.53. The number of fused-ring (bicyclic) bond motifs is 1. The van der Waals surface area contributed by atoms with Crippen molar-refractivity contribution >= 4 is 44.4 Å². The van der Waals surface area contributed by atoms with E-state index in [4.69, 9.17) is 14.2 Å². The first kappa shape index (κ1) is 26.3. The van der Waals surface area contributed by atoms with Gasteiger partial charge in [-0.25, -0.2) is 19.1 Å². The van der Waals surface area contributed by atoms with Crippen molar-refractivity contribution in [3.8, 4) is 5.75 Å². The van der Waals surface area contributed by atoms with Gasteiger partial charge in [0.25, 0.3) is 0 Å². The highest BCUT2D eigenvalue weighted by atomic mass is 32.1. The summed E-state index contributed by atoms with van der Waals surface area (Å²) in [5.41, 5.74) is 0.359. The number of piperidine rings is 1. The molecular weight excluding hydrogens is 501 g/mol. The number of alkyl halides is 3. The summed E-state index contributed by atoms with van der Waals surface area (Å²) in [6.07, 6.45) is -4.54. The number of nitrogens with zero attached hydrogens (tertiary/aromatic N) is 3. The standard InChI is InChI=1S/C23H29F3N4O5S/c1-22(2,3)35-21(32)30-8-7-13(18(24)23(30,25)26)19(31)28-20-27-16-15(33-4)6-5-14(17(16)36-20)29-9-11-34-12-10-29/h5-6,13,18H,7-12H2,1-4H3,(H,27,28,31). The normalized spacial score (nSPS) is 22.4. The maximum Gasteiger partial charge on any atom is 0.414 e. The Hall–Kier alpha value is -2.80. The quantitative estimate of drug-likeness (QED) is 0.591. The maximum absolute atomic E-state index is 14.9. The molecule has 2 amide bonds. The summed E-state index contributed by atoms with van der Waals surface area (Å²) in [4.78, 5) is 31.7. The van der Waals surface area contributed by atoms with E-state index < -0.39 is 42.3 Å². The third-order valence-electron chi connectivity index (χ3n) is 5.95. The summed E-state index contributed by atoms with van der Waals surface area (Å²) >= 11 is 1.15. The number of morpholine rings is 1. The SMILES string of the molecule is COc1ccc(N2CCOCC2)c2sc(NC(=O)C3CCN(C(=O)OC(C)(C)C)C(F)(F)C3F)nc12. The van der Waals surface area contributed by atoms with Crippen LogP contribution in [0.15, 0.2) is 12.1 Å². The third kappa shape index (κ3) is 5.17. The van der Waals surface area contributed by atoms with Crippen LogP contribution in [0.25, 0.3) is 10.2 Å². The molecule has 0 spiro atoms. The summed E-state index contributed by atoms with van der Waals surface area (Å²) in [6, 6.07) is -0.549. The lowest BCUT2D eigenvalue weighted by atomic mass is 9.92. The van der Waals surface area contributed by atoms with Crippen molar-refractivity contribution in [2.24, 2.45) is 5.92 Å². The number of aromatic nitrogens is 1. The molecule has 2 aliphatic heterocycles. The van der Waals surface area contributed by atoms with Crippen LogP contribution in [0.2, 0.25) is 0 Å². The molecule has 0 radical (unpaired) electrons. The number of ether oxygens (including phenoxy) is 3. The third-order valence-corrected chi connectivity index (χ3v) is 6.94. The van der Waals surface area contributed by atoms with Crippen LogP contribution in [-0.2, 0) is 14.3 Å². The lowest BCUT2D eigenvalue weighted by Crippen LogP contribution is -2.60. The molecule has 0 bridgehead atoms. The topological polar surface area (TPSA) is 93.2 Å². The molecule has 2 aromatic rings. The highest BCUT2D eigenvalue weighted by Crippen LogP contribution is 2.41. The van der Waals surface area contributed by atoms with Crippen LogP contribution in [0.3, 0.4) is 0 Å². The van der Waals surface area contributed by atoms with Gasteiger partial charge in [-0.1, -0.05) is 11.3 Å². The number of carbonyl (C=O) groups excluding carboxylic acids is 2. The van der Waals surface area contributed by atoms with Crippen LogP contribution < -0.4 is 15.0 Å². The van der Waals surface area contributed by atoms with Crippen LogP contribution >= 0.6 is 11.3 Å². The molecule has 36 heavy (non-hydrogen) atoms. The van der Waals surface area contributed by atoms with E-state index in [1.54, 1.807) is 6.07 Å². The van der Waals surface area contributed by atoms with Gasteiger partial charge >= 0.3 is 12.1 Å². The van der Waals surface area contributed by atoms with E-state index >= 15 is 0 Å². The molecule has 1 aromatic carbocycles. The summed E-state index contributed by atoms with van der Waals surface area (Å²) in [5.74, 6) is -2.12. The number of halogens is 3. The second-order valence-electron chi connectivity index (χ2n) is 9.59. The zero-order valence-electron chi connectivity index (χ0n) is 20.5. The fourth-order valence-electron chi connectivity index (χ4n) is 4.19. The first-order valence-corrected chi connectivity index (χ1v) is 12.4. The molecule has 198 valence electrons. The Labute approximate surface area is 210 Å². The Morgan fingerprint density at radius 2 is 1.92 bits per heavy atom. The predicted octanol–water partition coefficient (Wildman–Crippen LogP) is 4.27. The number of benzene rings is 1. The monoisotopic (exact) mass is 530 g/mol. The van der Waals surface area contributed by atoms with Crippen molar-refractivity contribution in [1.29, 1.82) is 0 Å². The molecule has 1 N–H and O–H groups in total. The molecule has 1 aromatic heterocycles. The van der Waals surface area contributed by atoms with Crippen molar-refractivity contribution < 1.29 is 37.0 Å². The molecule has 2 saturated heterocycles. The minimum Gasteiger partial charge on any atom is -0.494 e. The number of hydrogen-bond acceptors (Lipinski definition) is 8. The van der Waals surface area contributed by atoms with Gasteiger partial charge < -0.3 is 24.4 Å². The Balaban J connectivity index is 1.53. The molecule has 13 heteroatoms. The number of hydrogen-bond donors (Lipinski definition) is 1. The fraction of sp³-hybridized carbons (Fsp3) is 0.609. The van der Waals surface area contributed by atoms with Crippen molar-refractivity contribution in [3.63, 3.8) is 0 Å². The van der Waals surface area contributed by atoms with Gasteiger partial charge in [-0.15, -0.1) is 0 Å². The van der Waals surface area contributed by atoms with Gasteiger partial charge in [0, 0.05) is 19.6 Å². The fourth-order valence-corrected chi connectivity index (χ4v) is 5.21. The molecule has 0 aliphatic carbocycles. The van der Waals surface area contributed by atoms with Crippen LogP contribution in [-0.4, -0.2) is 79.7 Å². The number of carbonyl (C=O) groups is 2. The first-order valence-electron chi connectivity index (χ1n) is 11.6. The van der Waals surface area contributed by atoms with E-state index in [2.05, 4.69) is 15.2 Å². The molecule has 0 saturated carbocycles. The average Bonchev–Trinajstić information content (AvgIpc) is 3.22. The van der Waals surface area contributed by atoms with E-state index in [9.17, 15) is 22.8 Å². The number of thiazole rings is 1.